The van der Waals surface area contributed by atoms with Gasteiger partial charge < -0.3 is 32.0 Å². The third kappa shape index (κ3) is 7.37. The molecule has 38 heavy (non-hydrogen) atoms. The van der Waals surface area contributed by atoms with Crippen LogP contribution in [0.25, 0.3) is 11.1 Å². The molecule has 0 radical (unpaired) electrons. The van der Waals surface area contributed by atoms with Crippen LogP contribution in [0.3, 0.4) is 0 Å². The van der Waals surface area contributed by atoms with Crippen molar-refractivity contribution < 1.29 is 27.8 Å². The first-order valence-corrected chi connectivity index (χ1v) is 11.1. The molecule has 0 spiro atoms. The van der Waals surface area contributed by atoms with E-state index in [-0.39, 0.29) is 48.5 Å². The fourth-order valence-electron chi connectivity index (χ4n) is 3.46. The molecule has 0 aliphatic heterocycles. The van der Waals surface area contributed by atoms with Crippen molar-refractivity contribution in [1.29, 1.82) is 5.41 Å². The average Bonchev–Trinajstić information content (AvgIpc) is 2.85. The summed E-state index contributed by atoms with van der Waals surface area (Å²) >= 11 is 0. The quantitative estimate of drug-likeness (QED) is 0.180. The number of pyridine rings is 1. The average molecular weight is 549 g/mol. The molecule has 1 heterocycles. The Morgan fingerprint density at radius 1 is 1.08 bits per heavy atom. The van der Waals surface area contributed by atoms with Gasteiger partial charge in [0.2, 0.25) is 0 Å². The largest absolute Gasteiger partial charge is 0.483 e. The van der Waals surface area contributed by atoms with Gasteiger partial charge in [0, 0.05) is 36.0 Å². The van der Waals surface area contributed by atoms with Gasteiger partial charge in [-0.2, -0.15) is 0 Å². The van der Waals surface area contributed by atoms with E-state index in [4.69, 9.17) is 32.1 Å². The Bertz CT molecular complexity index is 1300. The number of aromatic nitrogens is 1. The Morgan fingerprint density at radius 2 is 1.76 bits per heavy atom. The summed E-state index contributed by atoms with van der Waals surface area (Å²) in [6.07, 6.45) is -0.208. The fraction of sp³-hybridized carbons (Fsp3) is 0.200. The monoisotopic (exact) mass is 548 g/mol. The topological polar surface area (TPSA) is 179 Å². The summed E-state index contributed by atoms with van der Waals surface area (Å²) in [6, 6.07) is 9.70. The van der Waals surface area contributed by atoms with Gasteiger partial charge >= 0.3 is 0 Å². The summed E-state index contributed by atoms with van der Waals surface area (Å²) in [6.45, 7) is 0.991. The van der Waals surface area contributed by atoms with Gasteiger partial charge in [-0.1, -0.05) is 12.1 Å². The van der Waals surface area contributed by atoms with E-state index >= 15 is 8.78 Å². The third-order valence-corrected chi connectivity index (χ3v) is 5.23. The number of primary amides is 1. The number of hydrogen-bond donors (Lipinski definition) is 5. The summed E-state index contributed by atoms with van der Waals surface area (Å²) in [5, 5.41) is 10.1. The molecule has 0 aliphatic rings. The zero-order valence-electron chi connectivity index (χ0n) is 20.3. The molecular formula is C25H27ClF2N6O4. The first kappa shape index (κ1) is 29.9. The molecule has 10 nitrogen and oxygen atoms in total. The van der Waals surface area contributed by atoms with E-state index in [0.29, 0.717) is 16.7 Å². The smallest absolute Gasteiger partial charge is 0.255 e. The summed E-state index contributed by atoms with van der Waals surface area (Å²) in [5.74, 6) is -3.32. The van der Waals surface area contributed by atoms with Crippen molar-refractivity contribution in [2.45, 2.75) is 19.6 Å². The van der Waals surface area contributed by atoms with E-state index in [1.807, 2.05) is 0 Å². The van der Waals surface area contributed by atoms with Gasteiger partial charge in [0.1, 0.15) is 29.0 Å². The SMILES string of the molecule is CCOC(C(=O)NCc1ccc(C(=N)N)cc1OCC(N)=O)c1c(F)cc(-c2ccc(N)nc2)cc1F.Cl. The highest BCUT2D eigenvalue weighted by molar-refractivity contribution is 5.95. The Balaban J connectivity index is 0.00000507. The second-order valence-corrected chi connectivity index (χ2v) is 7.87. The van der Waals surface area contributed by atoms with E-state index in [1.54, 1.807) is 13.0 Å². The van der Waals surface area contributed by atoms with Gasteiger partial charge in [0.05, 0.1) is 5.56 Å². The van der Waals surface area contributed by atoms with Crippen LogP contribution in [0, 0.1) is 17.0 Å². The fourth-order valence-corrected chi connectivity index (χ4v) is 3.46. The lowest BCUT2D eigenvalue weighted by molar-refractivity contribution is -0.133. The number of nitrogen functional groups attached to an aromatic ring is 2. The minimum absolute atomic E-state index is 0. The van der Waals surface area contributed by atoms with Gasteiger partial charge in [0.25, 0.3) is 11.8 Å². The van der Waals surface area contributed by atoms with Crippen molar-refractivity contribution in [2.75, 3.05) is 18.9 Å². The number of nitrogens with zero attached hydrogens (tertiary/aromatic N) is 1. The first-order valence-electron chi connectivity index (χ1n) is 11.1. The number of nitrogens with one attached hydrogen (secondary N) is 2. The number of anilines is 1. The van der Waals surface area contributed by atoms with Crippen LogP contribution in [0.15, 0.2) is 48.7 Å². The number of carbonyl (C=O) groups excluding carboxylic acids is 2. The molecule has 8 N–H and O–H groups in total. The van der Waals surface area contributed by atoms with E-state index in [0.717, 1.165) is 12.1 Å². The standard InChI is InChI=1S/C25H26F2N6O4.ClH/c1-2-36-23(22-17(26)7-16(8-18(22)27)14-5-6-20(28)32-10-14)25(35)33-11-15-4-3-13(24(30)31)9-19(15)37-12-21(29)34;/h3-10,23H,2,11-12H2,1H3,(H2,28,32)(H2,29,34)(H3,30,31)(H,33,35);1H. The number of halogens is 3. The van der Waals surface area contributed by atoms with Crippen LogP contribution < -0.4 is 27.3 Å². The molecule has 2 aromatic carbocycles. The second-order valence-electron chi connectivity index (χ2n) is 7.87. The molecule has 2 amide bonds. The highest BCUT2D eigenvalue weighted by Crippen LogP contribution is 2.30. The van der Waals surface area contributed by atoms with Crippen LogP contribution in [0.1, 0.15) is 29.7 Å². The number of hydrogen-bond acceptors (Lipinski definition) is 7. The van der Waals surface area contributed by atoms with Crippen molar-refractivity contribution in [3.05, 3.63) is 77.0 Å². The predicted octanol–water partition coefficient (Wildman–Crippen LogP) is 2.57. The van der Waals surface area contributed by atoms with Crippen LogP contribution in [0.2, 0.25) is 0 Å². The molecule has 1 aromatic heterocycles. The van der Waals surface area contributed by atoms with Crippen LogP contribution in [-0.4, -0.2) is 35.8 Å². The van der Waals surface area contributed by atoms with Crippen LogP contribution >= 0.6 is 12.4 Å². The number of amides is 2. The molecule has 0 aliphatic carbocycles. The van der Waals surface area contributed by atoms with Gasteiger partial charge in [-0.3, -0.25) is 15.0 Å². The minimum atomic E-state index is -1.59. The number of amidine groups is 1. The zero-order chi connectivity index (χ0) is 27.1. The highest BCUT2D eigenvalue weighted by atomic mass is 35.5. The van der Waals surface area contributed by atoms with Crippen molar-refractivity contribution in [3.63, 3.8) is 0 Å². The first-order chi connectivity index (χ1) is 17.6. The zero-order valence-corrected chi connectivity index (χ0v) is 21.1. The van der Waals surface area contributed by atoms with E-state index in [9.17, 15) is 9.59 Å². The van der Waals surface area contributed by atoms with Gasteiger partial charge in [0.15, 0.2) is 12.7 Å². The van der Waals surface area contributed by atoms with Crippen LogP contribution in [0.5, 0.6) is 5.75 Å². The van der Waals surface area contributed by atoms with Crippen molar-refractivity contribution in [2.24, 2.45) is 11.5 Å². The van der Waals surface area contributed by atoms with Crippen LogP contribution in [-0.2, 0) is 20.9 Å². The van der Waals surface area contributed by atoms with E-state index in [2.05, 4.69) is 10.3 Å². The maximum Gasteiger partial charge on any atom is 0.255 e. The number of benzene rings is 2. The lowest BCUT2D eigenvalue weighted by Gasteiger charge is -2.20. The van der Waals surface area contributed by atoms with Crippen molar-refractivity contribution in [3.8, 4) is 16.9 Å². The Morgan fingerprint density at radius 3 is 2.32 bits per heavy atom. The molecule has 0 fully saturated rings. The number of carbonyl (C=O) groups is 2. The Hall–Kier alpha value is -4.29. The number of rotatable bonds is 11. The van der Waals surface area contributed by atoms with Crippen molar-refractivity contribution >= 4 is 35.9 Å². The lowest BCUT2D eigenvalue weighted by atomic mass is 10.0. The third-order valence-electron chi connectivity index (χ3n) is 5.23. The van der Waals surface area contributed by atoms with Gasteiger partial charge in [-0.15, -0.1) is 12.4 Å². The summed E-state index contributed by atoms with van der Waals surface area (Å²) in [5.41, 5.74) is 17.0. The predicted molar refractivity (Wildman–Crippen MR) is 140 cm³/mol. The molecule has 0 bridgehead atoms. The molecule has 0 saturated carbocycles. The van der Waals surface area contributed by atoms with Crippen LogP contribution in [0.4, 0.5) is 14.6 Å². The molecule has 202 valence electrons. The minimum Gasteiger partial charge on any atom is -0.483 e. The van der Waals surface area contributed by atoms with Gasteiger partial charge in [-0.05, 0) is 42.8 Å². The number of nitrogens with two attached hydrogens (primary N) is 3. The Kier molecular flexibility index (Phi) is 10.5. The maximum absolute atomic E-state index is 15.1. The lowest BCUT2D eigenvalue weighted by Crippen LogP contribution is -2.32. The van der Waals surface area contributed by atoms with E-state index in [1.165, 1.54) is 30.5 Å². The highest BCUT2D eigenvalue weighted by Gasteiger charge is 2.28. The summed E-state index contributed by atoms with van der Waals surface area (Å²) < 4.78 is 41.0. The molecule has 1 unspecified atom stereocenters. The summed E-state index contributed by atoms with van der Waals surface area (Å²) in [4.78, 5) is 28.1. The molecule has 13 heteroatoms. The number of ether oxygens (including phenoxy) is 2. The van der Waals surface area contributed by atoms with Crippen molar-refractivity contribution in [1.82, 2.24) is 10.3 Å². The Labute approximate surface area is 223 Å². The van der Waals surface area contributed by atoms with Gasteiger partial charge in [-0.25, -0.2) is 13.8 Å². The molecule has 1 atom stereocenters. The molecule has 0 saturated heterocycles. The maximum atomic E-state index is 15.1. The van der Waals surface area contributed by atoms with E-state index < -0.39 is 41.7 Å². The summed E-state index contributed by atoms with van der Waals surface area (Å²) in [7, 11) is 0. The molecule has 3 aromatic rings. The molecular weight excluding hydrogens is 522 g/mol. The second kappa shape index (κ2) is 13.3. The normalized spacial score (nSPS) is 11.2. The molecule has 3 rings (SSSR count).